The molecule has 0 amide bonds. The maximum atomic E-state index is 4.76. The molecule has 1 aliphatic rings. The number of nitrogens with one attached hydrogen (secondary N) is 2. The molecule has 0 fully saturated rings. The van der Waals surface area contributed by atoms with E-state index in [4.69, 9.17) is 9.98 Å². The fourth-order valence-corrected chi connectivity index (χ4v) is 4.14. The standard InChI is InChI=1S/C19H31N7S/c1-6-20-18(21-10-9-16-24-15(12-27-16)19(3,4)5)23-14-8-7-11-26-17(14)22-13(2)25-26/h12,14H,6-11H2,1-5H3,(H2,20,21,23). The third-order valence-electron chi connectivity index (χ3n) is 4.55. The number of thiazole rings is 1. The second-order valence-corrected chi connectivity index (χ2v) is 8.91. The van der Waals surface area contributed by atoms with Gasteiger partial charge < -0.3 is 10.6 Å². The molecule has 7 nitrogen and oxygen atoms in total. The quantitative estimate of drug-likeness (QED) is 0.607. The lowest BCUT2D eigenvalue weighted by molar-refractivity contribution is 0.397. The van der Waals surface area contributed by atoms with Gasteiger partial charge in [0.15, 0.2) is 5.96 Å². The van der Waals surface area contributed by atoms with Crippen molar-refractivity contribution in [2.45, 2.75) is 71.9 Å². The van der Waals surface area contributed by atoms with Crippen LogP contribution >= 0.6 is 11.3 Å². The lowest BCUT2D eigenvalue weighted by Gasteiger charge is -2.25. The molecule has 0 aliphatic carbocycles. The van der Waals surface area contributed by atoms with Crippen molar-refractivity contribution in [1.29, 1.82) is 0 Å². The largest absolute Gasteiger partial charge is 0.357 e. The normalized spacial score (nSPS) is 17.7. The third-order valence-corrected chi connectivity index (χ3v) is 5.46. The van der Waals surface area contributed by atoms with E-state index in [9.17, 15) is 0 Å². The lowest BCUT2D eigenvalue weighted by Crippen LogP contribution is -2.41. The fraction of sp³-hybridized carbons (Fsp3) is 0.684. The van der Waals surface area contributed by atoms with Crippen LogP contribution in [0, 0.1) is 6.92 Å². The van der Waals surface area contributed by atoms with Gasteiger partial charge in [0.05, 0.1) is 16.7 Å². The molecule has 3 rings (SSSR count). The van der Waals surface area contributed by atoms with Gasteiger partial charge >= 0.3 is 0 Å². The van der Waals surface area contributed by atoms with Crippen molar-refractivity contribution in [3.05, 3.63) is 27.7 Å². The molecule has 3 heterocycles. The summed E-state index contributed by atoms with van der Waals surface area (Å²) in [5, 5.41) is 14.7. The lowest BCUT2D eigenvalue weighted by atomic mass is 9.93. The molecule has 1 atom stereocenters. The van der Waals surface area contributed by atoms with Crippen molar-refractivity contribution >= 4 is 17.3 Å². The van der Waals surface area contributed by atoms with Crippen LogP contribution in [0.5, 0.6) is 0 Å². The summed E-state index contributed by atoms with van der Waals surface area (Å²) < 4.78 is 2.02. The topological polar surface area (TPSA) is 80.0 Å². The smallest absolute Gasteiger partial charge is 0.191 e. The molecule has 0 bridgehead atoms. The molecule has 8 heteroatoms. The van der Waals surface area contributed by atoms with Gasteiger partial charge in [-0.2, -0.15) is 5.10 Å². The molecule has 27 heavy (non-hydrogen) atoms. The first-order valence-corrected chi connectivity index (χ1v) is 10.7. The van der Waals surface area contributed by atoms with Gasteiger partial charge in [-0.05, 0) is 26.7 Å². The first-order chi connectivity index (χ1) is 12.9. The third kappa shape index (κ3) is 5.06. The molecule has 2 aromatic rings. The summed E-state index contributed by atoms with van der Waals surface area (Å²) in [4.78, 5) is 14.1. The van der Waals surface area contributed by atoms with Crippen molar-refractivity contribution < 1.29 is 0 Å². The van der Waals surface area contributed by atoms with Crippen LogP contribution in [-0.4, -0.2) is 38.8 Å². The summed E-state index contributed by atoms with van der Waals surface area (Å²) in [5.41, 5.74) is 1.26. The van der Waals surface area contributed by atoms with Gasteiger partial charge in [0, 0.05) is 36.9 Å². The van der Waals surface area contributed by atoms with Crippen LogP contribution < -0.4 is 10.6 Å². The van der Waals surface area contributed by atoms with E-state index in [1.807, 2.05) is 11.6 Å². The Bertz CT molecular complexity index is 784. The zero-order chi connectivity index (χ0) is 19.4. The van der Waals surface area contributed by atoms with Crippen LogP contribution in [0.4, 0.5) is 0 Å². The maximum Gasteiger partial charge on any atom is 0.191 e. The van der Waals surface area contributed by atoms with E-state index in [1.54, 1.807) is 11.3 Å². The molecule has 148 valence electrons. The molecule has 2 N–H and O–H groups in total. The van der Waals surface area contributed by atoms with Crippen LogP contribution in [0.2, 0.25) is 0 Å². The monoisotopic (exact) mass is 389 g/mol. The molecule has 2 aromatic heterocycles. The number of aromatic nitrogens is 4. The zero-order valence-electron chi connectivity index (χ0n) is 17.0. The molecule has 1 unspecified atom stereocenters. The Morgan fingerprint density at radius 1 is 1.37 bits per heavy atom. The van der Waals surface area contributed by atoms with Crippen molar-refractivity contribution in [2.75, 3.05) is 13.1 Å². The second-order valence-electron chi connectivity index (χ2n) is 7.97. The highest BCUT2D eigenvalue weighted by molar-refractivity contribution is 7.09. The van der Waals surface area contributed by atoms with Gasteiger partial charge in [-0.3, -0.25) is 4.99 Å². The van der Waals surface area contributed by atoms with E-state index in [0.717, 1.165) is 60.7 Å². The number of fused-ring (bicyclic) bond motifs is 1. The predicted molar refractivity (Wildman–Crippen MR) is 110 cm³/mol. The highest BCUT2D eigenvalue weighted by atomic mass is 32.1. The average molecular weight is 390 g/mol. The summed E-state index contributed by atoms with van der Waals surface area (Å²) in [7, 11) is 0. The second kappa shape index (κ2) is 8.37. The van der Waals surface area contributed by atoms with Crippen LogP contribution in [0.25, 0.3) is 0 Å². The fourth-order valence-electron chi connectivity index (χ4n) is 3.12. The highest BCUT2D eigenvalue weighted by Gasteiger charge is 2.24. The summed E-state index contributed by atoms with van der Waals surface area (Å²) >= 11 is 1.73. The van der Waals surface area contributed by atoms with Gasteiger partial charge in [0.25, 0.3) is 0 Å². The number of hydrogen-bond acceptors (Lipinski definition) is 5. The van der Waals surface area contributed by atoms with Gasteiger partial charge in [0.1, 0.15) is 11.6 Å². The number of aliphatic imine (C=N–C) groups is 1. The number of aryl methyl sites for hydroxylation is 2. The predicted octanol–water partition coefficient (Wildman–Crippen LogP) is 2.97. The summed E-state index contributed by atoms with van der Waals surface area (Å²) in [6.45, 7) is 13.1. The van der Waals surface area contributed by atoms with Gasteiger partial charge in [-0.25, -0.2) is 14.6 Å². The Morgan fingerprint density at radius 2 is 2.19 bits per heavy atom. The van der Waals surface area contributed by atoms with Gasteiger partial charge in [-0.1, -0.05) is 20.8 Å². The Hall–Kier alpha value is -1.96. The number of rotatable bonds is 5. The Balaban J connectivity index is 1.63. The van der Waals surface area contributed by atoms with Crippen LogP contribution in [-0.2, 0) is 18.4 Å². The number of guanidine groups is 1. The minimum atomic E-state index is 0.101. The van der Waals surface area contributed by atoms with Crippen molar-refractivity contribution in [2.24, 2.45) is 4.99 Å². The molecule has 0 spiro atoms. The first-order valence-electron chi connectivity index (χ1n) is 9.78. The molecule has 0 aromatic carbocycles. The van der Waals surface area contributed by atoms with Gasteiger partial charge in [0.2, 0.25) is 0 Å². The molecule has 0 saturated heterocycles. The van der Waals surface area contributed by atoms with E-state index in [1.165, 1.54) is 0 Å². The minimum absolute atomic E-state index is 0.101. The van der Waals surface area contributed by atoms with Crippen molar-refractivity contribution in [3.8, 4) is 0 Å². The molecule has 1 aliphatic heterocycles. The SMILES string of the molecule is CCNC(=NCCc1nc(C(C)(C)C)cs1)NC1CCCn2nc(C)nc21. The highest BCUT2D eigenvalue weighted by Crippen LogP contribution is 2.24. The summed E-state index contributed by atoms with van der Waals surface area (Å²) in [5.74, 6) is 2.68. The van der Waals surface area contributed by atoms with Crippen molar-refractivity contribution in [3.63, 3.8) is 0 Å². The van der Waals surface area contributed by atoms with E-state index >= 15 is 0 Å². The van der Waals surface area contributed by atoms with Crippen molar-refractivity contribution in [1.82, 2.24) is 30.4 Å². The summed E-state index contributed by atoms with van der Waals surface area (Å²) in [6, 6.07) is 0.158. The summed E-state index contributed by atoms with van der Waals surface area (Å²) in [6.07, 6.45) is 3.00. The molecular weight excluding hydrogens is 358 g/mol. The van der Waals surface area contributed by atoms with E-state index in [-0.39, 0.29) is 11.5 Å². The number of hydrogen-bond donors (Lipinski definition) is 2. The van der Waals surface area contributed by atoms with Crippen LogP contribution in [0.1, 0.15) is 68.9 Å². The minimum Gasteiger partial charge on any atom is -0.357 e. The maximum absolute atomic E-state index is 4.76. The molecule has 0 radical (unpaired) electrons. The molecular formula is C19H31N7S. The van der Waals surface area contributed by atoms with Crippen LogP contribution in [0.15, 0.2) is 10.4 Å². The Morgan fingerprint density at radius 3 is 2.89 bits per heavy atom. The zero-order valence-corrected chi connectivity index (χ0v) is 17.9. The Kier molecular flexibility index (Phi) is 6.14. The van der Waals surface area contributed by atoms with Gasteiger partial charge in [-0.15, -0.1) is 11.3 Å². The number of nitrogens with zero attached hydrogens (tertiary/aromatic N) is 5. The molecule has 0 saturated carbocycles. The van der Waals surface area contributed by atoms with Crippen LogP contribution in [0.3, 0.4) is 0 Å². The average Bonchev–Trinajstić information content (AvgIpc) is 3.21. The Labute approximate surface area is 165 Å². The first kappa shape index (κ1) is 19.8. The van der Waals surface area contributed by atoms with E-state index in [0.29, 0.717) is 6.54 Å². The van der Waals surface area contributed by atoms with E-state index in [2.05, 4.69) is 53.8 Å². The van der Waals surface area contributed by atoms with E-state index < -0.39 is 0 Å².